The minimum atomic E-state index is -2.88. The summed E-state index contributed by atoms with van der Waals surface area (Å²) in [6.45, 7) is -0.0153. The number of ether oxygens (including phenoxy) is 1. The van der Waals surface area contributed by atoms with E-state index in [9.17, 15) is 23.5 Å². The van der Waals surface area contributed by atoms with Gasteiger partial charge in [-0.3, -0.25) is 0 Å². The minimum absolute atomic E-state index is 0.0153. The number of carboxylic acid groups (broad SMARTS) is 1. The zero-order valence-corrected chi connectivity index (χ0v) is 11.9. The Morgan fingerprint density at radius 1 is 1.14 bits per heavy atom. The number of rotatable bonds is 4. The molecule has 2 N–H and O–H groups in total. The third-order valence-electron chi connectivity index (χ3n) is 3.80. The molecule has 0 aromatic heterocycles. The van der Waals surface area contributed by atoms with E-state index < -0.39 is 36.4 Å². The fourth-order valence-corrected chi connectivity index (χ4v) is 2.39. The van der Waals surface area contributed by atoms with Crippen molar-refractivity contribution in [1.29, 1.82) is 0 Å². The molecule has 2 rings (SSSR count). The molecule has 1 amide bonds. The van der Waals surface area contributed by atoms with Gasteiger partial charge < -0.3 is 15.2 Å². The molecule has 0 radical (unpaired) electrons. The largest absolute Gasteiger partial charge is 0.480 e. The molecule has 22 heavy (non-hydrogen) atoms. The zero-order chi connectivity index (χ0) is 16.2. The molecule has 1 aliphatic rings. The molecule has 0 bridgehead atoms. The summed E-state index contributed by atoms with van der Waals surface area (Å²) in [5, 5.41) is 11.5. The Kier molecular flexibility index (Phi) is 4.63. The van der Waals surface area contributed by atoms with Crippen LogP contribution in [0.4, 0.5) is 13.6 Å². The summed E-state index contributed by atoms with van der Waals surface area (Å²) in [5.74, 6) is -4.20. The van der Waals surface area contributed by atoms with E-state index in [0.29, 0.717) is 0 Å². The van der Waals surface area contributed by atoms with Crippen LogP contribution in [0.1, 0.15) is 31.2 Å². The van der Waals surface area contributed by atoms with Crippen LogP contribution in [0, 0.1) is 0 Å². The highest BCUT2D eigenvalue weighted by atomic mass is 19.3. The molecule has 120 valence electrons. The van der Waals surface area contributed by atoms with Crippen molar-refractivity contribution in [1.82, 2.24) is 5.32 Å². The van der Waals surface area contributed by atoms with E-state index in [0.717, 1.165) is 5.56 Å². The summed E-state index contributed by atoms with van der Waals surface area (Å²) in [6.07, 6.45) is -2.71. The average molecular weight is 313 g/mol. The number of alkyl halides is 2. The molecule has 1 aromatic rings. The highest BCUT2D eigenvalue weighted by Crippen LogP contribution is 2.38. The van der Waals surface area contributed by atoms with Crippen LogP contribution in [0.3, 0.4) is 0 Å². The summed E-state index contributed by atoms with van der Waals surface area (Å²) >= 11 is 0. The Labute approximate surface area is 126 Å². The third-order valence-corrected chi connectivity index (χ3v) is 3.80. The molecule has 0 heterocycles. The van der Waals surface area contributed by atoms with Gasteiger partial charge in [0.15, 0.2) is 0 Å². The number of hydrogen-bond donors (Lipinski definition) is 2. The van der Waals surface area contributed by atoms with Gasteiger partial charge in [0.05, 0.1) is 0 Å². The number of halogens is 2. The van der Waals surface area contributed by atoms with Crippen LogP contribution >= 0.6 is 0 Å². The maximum Gasteiger partial charge on any atom is 0.408 e. The SMILES string of the molecule is O=C(NC1(C(=O)O)CCC(F)(F)CC1)OCc1ccccc1. The Balaban J connectivity index is 1.94. The molecule has 7 heteroatoms. The first-order chi connectivity index (χ1) is 10.3. The second kappa shape index (κ2) is 6.29. The Morgan fingerprint density at radius 3 is 2.27 bits per heavy atom. The second-order valence-electron chi connectivity index (χ2n) is 5.43. The summed E-state index contributed by atoms with van der Waals surface area (Å²) in [6, 6.07) is 8.87. The normalized spacial score (nSPS) is 19.2. The number of aliphatic carboxylic acids is 1. The quantitative estimate of drug-likeness (QED) is 0.896. The first-order valence-corrected chi connectivity index (χ1v) is 6.93. The van der Waals surface area contributed by atoms with Crippen LogP contribution in [0.2, 0.25) is 0 Å². The van der Waals surface area contributed by atoms with Crippen LogP contribution in [-0.2, 0) is 16.1 Å². The highest BCUT2D eigenvalue weighted by Gasteiger charge is 2.49. The van der Waals surface area contributed by atoms with Crippen molar-refractivity contribution in [2.75, 3.05) is 0 Å². The van der Waals surface area contributed by atoms with Crippen LogP contribution in [0.5, 0.6) is 0 Å². The number of nitrogens with one attached hydrogen (secondary N) is 1. The lowest BCUT2D eigenvalue weighted by Crippen LogP contribution is -2.57. The number of hydrogen-bond acceptors (Lipinski definition) is 3. The van der Waals surface area contributed by atoms with Crippen molar-refractivity contribution >= 4 is 12.1 Å². The van der Waals surface area contributed by atoms with E-state index >= 15 is 0 Å². The predicted molar refractivity (Wildman–Crippen MR) is 73.5 cm³/mol. The molecule has 0 spiro atoms. The molecular formula is C15H17F2NO4. The van der Waals surface area contributed by atoms with Crippen molar-refractivity contribution in [3.05, 3.63) is 35.9 Å². The van der Waals surface area contributed by atoms with E-state index in [-0.39, 0.29) is 19.4 Å². The lowest BCUT2D eigenvalue weighted by Gasteiger charge is -2.36. The Bertz CT molecular complexity index is 538. The first kappa shape index (κ1) is 16.2. The van der Waals surface area contributed by atoms with Crippen molar-refractivity contribution in [3.8, 4) is 0 Å². The maximum absolute atomic E-state index is 13.2. The van der Waals surface area contributed by atoms with Gasteiger partial charge in [0.2, 0.25) is 5.92 Å². The molecule has 5 nitrogen and oxygen atoms in total. The number of carbonyl (C=O) groups excluding carboxylic acids is 1. The van der Waals surface area contributed by atoms with E-state index in [2.05, 4.69) is 5.32 Å². The maximum atomic E-state index is 13.2. The van der Waals surface area contributed by atoms with Gasteiger partial charge in [-0.05, 0) is 18.4 Å². The van der Waals surface area contributed by atoms with E-state index in [1.54, 1.807) is 24.3 Å². The molecule has 1 saturated carbocycles. The molecule has 0 aliphatic heterocycles. The van der Waals surface area contributed by atoms with E-state index in [4.69, 9.17) is 4.74 Å². The van der Waals surface area contributed by atoms with Gasteiger partial charge in [-0.1, -0.05) is 30.3 Å². The van der Waals surface area contributed by atoms with Gasteiger partial charge in [-0.25, -0.2) is 18.4 Å². The van der Waals surface area contributed by atoms with Gasteiger partial charge in [0, 0.05) is 12.8 Å². The number of carboxylic acids is 1. The van der Waals surface area contributed by atoms with Gasteiger partial charge in [0.1, 0.15) is 12.1 Å². The predicted octanol–water partition coefficient (Wildman–Crippen LogP) is 2.95. The standard InChI is InChI=1S/C15H17F2NO4/c16-15(17)8-6-14(7-9-15,12(19)20)18-13(21)22-10-11-4-2-1-3-5-11/h1-5H,6-10H2,(H,18,21)(H,19,20). The Morgan fingerprint density at radius 2 is 1.73 bits per heavy atom. The lowest BCUT2D eigenvalue weighted by molar-refractivity contribution is -0.150. The fraction of sp³-hybridized carbons (Fsp3) is 0.467. The van der Waals surface area contributed by atoms with Crippen LogP contribution in [0.25, 0.3) is 0 Å². The van der Waals surface area contributed by atoms with E-state index in [1.165, 1.54) is 0 Å². The van der Waals surface area contributed by atoms with Crippen LogP contribution in [-0.4, -0.2) is 28.6 Å². The third kappa shape index (κ3) is 3.93. The van der Waals surface area contributed by atoms with Crippen LogP contribution < -0.4 is 5.32 Å². The summed E-state index contributed by atoms with van der Waals surface area (Å²) in [4.78, 5) is 23.2. The molecule has 1 aromatic carbocycles. The number of amides is 1. The molecule has 1 fully saturated rings. The number of benzene rings is 1. The highest BCUT2D eigenvalue weighted by molar-refractivity contribution is 5.84. The summed E-state index contributed by atoms with van der Waals surface area (Å²) in [5.41, 5.74) is -0.938. The molecule has 0 unspecified atom stereocenters. The summed E-state index contributed by atoms with van der Waals surface area (Å²) in [7, 11) is 0. The summed E-state index contributed by atoms with van der Waals surface area (Å²) < 4.78 is 31.3. The van der Waals surface area contributed by atoms with Crippen molar-refractivity contribution in [2.24, 2.45) is 0 Å². The van der Waals surface area contributed by atoms with Crippen LogP contribution in [0.15, 0.2) is 30.3 Å². The van der Waals surface area contributed by atoms with Crippen molar-refractivity contribution in [3.63, 3.8) is 0 Å². The topological polar surface area (TPSA) is 75.6 Å². The minimum Gasteiger partial charge on any atom is -0.480 e. The smallest absolute Gasteiger partial charge is 0.408 e. The van der Waals surface area contributed by atoms with Crippen molar-refractivity contribution < 1.29 is 28.2 Å². The van der Waals surface area contributed by atoms with Gasteiger partial charge in [0.25, 0.3) is 0 Å². The van der Waals surface area contributed by atoms with Gasteiger partial charge in [-0.15, -0.1) is 0 Å². The first-order valence-electron chi connectivity index (χ1n) is 6.93. The molecule has 1 aliphatic carbocycles. The number of carbonyl (C=O) groups is 2. The van der Waals surface area contributed by atoms with Gasteiger partial charge in [-0.2, -0.15) is 0 Å². The molecular weight excluding hydrogens is 296 g/mol. The zero-order valence-electron chi connectivity index (χ0n) is 11.9. The second-order valence-corrected chi connectivity index (χ2v) is 5.43. The monoisotopic (exact) mass is 313 g/mol. The fourth-order valence-electron chi connectivity index (χ4n) is 2.39. The molecule has 0 atom stereocenters. The number of alkyl carbamates (subject to hydrolysis) is 1. The lowest BCUT2D eigenvalue weighted by atomic mass is 9.80. The average Bonchev–Trinajstić information content (AvgIpc) is 2.48. The Hall–Kier alpha value is -2.18. The van der Waals surface area contributed by atoms with Gasteiger partial charge >= 0.3 is 12.1 Å². The van der Waals surface area contributed by atoms with E-state index in [1.807, 2.05) is 6.07 Å². The molecule has 0 saturated heterocycles. The van der Waals surface area contributed by atoms with Crippen molar-refractivity contribution in [2.45, 2.75) is 43.8 Å².